The normalized spacial score (nSPS) is 18.0. The largest absolute Gasteiger partial charge is 0.480 e. The number of hydrogen-bond acceptors (Lipinski definition) is 3. The smallest absolute Gasteiger partial charge is 0.335 e. The van der Waals surface area contributed by atoms with Crippen molar-refractivity contribution in [3.63, 3.8) is 0 Å². The van der Waals surface area contributed by atoms with Gasteiger partial charge in [0.25, 0.3) is 0 Å². The maximum absolute atomic E-state index is 10.7. The molecule has 1 aromatic rings. The molecule has 0 fully saturated rings. The fourth-order valence-corrected chi connectivity index (χ4v) is 1.64. The van der Waals surface area contributed by atoms with Crippen molar-refractivity contribution in [2.45, 2.75) is 12.5 Å². The lowest BCUT2D eigenvalue weighted by Gasteiger charge is -2.03. The third-order valence-electron chi connectivity index (χ3n) is 2.40. The van der Waals surface area contributed by atoms with Crippen molar-refractivity contribution in [1.82, 2.24) is 0 Å². The molecule has 1 aliphatic rings. The van der Waals surface area contributed by atoms with Crippen molar-refractivity contribution in [2.75, 3.05) is 5.32 Å². The summed E-state index contributed by atoms with van der Waals surface area (Å²) in [5.41, 5.74) is 1.62. The first kappa shape index (κ1) is 9.51. The minimum absolute atomic E-state index is 0.182. The number of anilines is 1. The molecule has 3 N–H and O–H groups in total. The molecule has 78 valence electrons. The average molecular weight is 207 g/mol. The van der Waals surface area contributed by atoms with Crippen LogP contribution in [0.3, 0.4) is 0 Å². The highest BCUT2D eigenvalue weighted by Gasteiger charge is 2.26. The predicted molar refractivity (Wildman–Crippen MR) is 52.2 cm³/mol. The maximum atomic E-state index is 10.7. The Morgan fingerprint density at radius 1 is 1.33 bits per heavy atom. The highest BCUT2D eigenvalue weighted by atomic mass is 16.4. The van der Waals surface area contributed by atoms with E-state index in [0.717, 1.165) is 5.56 Å². The monoisotopic (exact) mass is 207 g/mol. The fourth-order valence-electron chi connectivity index (χ4n) is 1.64. The molecule has 0 aliphatic carbocycles. The highest BCUT2D eigenvalue weighted by Crippen LogP contribution is 2.26. The number of nitrogens with one attached hydrogen (secondary N) is 1. The van der Waals surface area contributed by atoms with Crippen LogP contribution in [-0.2, 0) is 11.2 Å². The first-order valence-corrected chi connectivity index (χ1v) is 4.43. The Morgan fingerprint density at radius 2 is 2.07 bits per heavy atom. The summed E-state index contributed by atoms with van der Waals surface area (Å²) in [6.07, 6.45) is 0.325. The van der Waals surface area contributed by atoms with Crippen LogP contribution in [0.2, 0.25) is 0 Å². The third kappa shape index (κ3) is 1.63. The number of aromatic carboxylic acids is 1. The molecular formula is C10H9NO4. The molecule has 1 aliphatic heterocycles. The van der Waals surface area contributed by atoms with Gasteiger partial charge in [0.2, 0.25) is 0 Å². The number of rotatable bonds is 2. The molecule has 1 aromatic carbocycles. The zero-order valence-corrected chi connectivity index (χ0v) is 7.73. The molecule has 0 spiro atoms. The van der Waals surface area contributed by atoms with Gasteiger partial charge in [-0.05, 0) is 23.8 Å². The molecule has 0 bridgehead atoms. The van der Waals surface area contributed by atoms with E-state index in [0.29, 0.717) is 12.1 Å². The van der Waals surface area contributed by atoms with Gasteiger partial charge in [0.05, 0.1) is 5.56 Å². The van der Waals surface area contributed by atoms with Crippen molar-refractivity contribution in [3.05, 3.63) is 29.3 Å². The van der Waals surface area contributed by atoms with Gasteiger partial charge >= 0.3 is 11.9 Å². The molecule has 15 heavy (non-hydrogen) atoms. The summed E-state index contributed by atoms with van der Waals surface area (Å²) in [5, 5.41) is 20.3. The van der Waals surface area contributed by atoms with Gasteiger partial charge in [0.15, 0.2) is 0 Å². The predicted octanol–water partition coefficient (Wildman–Crippen LogP) is 0.806. The summed E-state index contributed by atoms with van der Waals surface area (Å²) in [5.74, 6) is -1.93. The van der Waals surface area contributed by atoms with E-state index in [9.17, 15) is 9.59 Å². The van der Waals surface area contributed by atoms with E-state index in [1.165, 1.54) is 12.1 Å². The summed E-state index contributed by atoms with van der Waals surface area (Å²) in [6.45, 7) is 0. The molecule has 0 aromatic heterocycles. The van der Waals surface area contributed by atoms with Gasteiger partial charge in [0.1, 0.15) is 6.04 Å². The Kier molecular flexibility index (Phi) is 2.07. The molecular weight excluding hydrogens is 198 g/mol. The van der Waals surface area contributed by atoms with E-state index in [2.05, 4.69) is 5.32 Å². The van der Waals surface area contributed by atoms with Crippen LogP contribution in [0.25, 0.3) is 0 Å². The Morgan fingerprint density at radius 3 is 2.67 bits per heavy atom. The van der Waals surface area contributed by atoms with Crippen LogP contribution in [0.4, 0.5) is 5.69 Å². The zero-order valence-electron chi connectivity index (χ0n) is 7.73. The fraction of sp³-hybridized carbons (Fsp3) is 0.200. The topological polar surface area (TPSA) is 86.6 Å². The Hall–Kier alpha value is -2.04. The minimum atomic E-state index is -1.00. The van der Waals surface area contributed by atoms with E-state index in [1.807, 2.05) is 0 Å². The van der Waals surface area contributed by atoms with Crippen LogP contribution < -0.4 is 5.32 Å². The first-order valence-electron chi connectivity index (χ1n) is 4.43. The number of benzene rings is 1. The number of aliphatic carboxylic acids is 1. The van der Waals surface area contributed by atoms with E-state index >= 15 is 0 Å². The van der Waals surface area contributed by atoms with Gasteiger partial charge in [-0.1, -0.05) is 0 Å². The van der Waals surface area contributed by atoms with E-state index in [4.69, 9.17) is 10.2 Å². The van der Waals surface area contributed by atoms with Crippen LogP contribution in [0.5, 0.6) is 0 Å². The molecule has 0 amide bonds. The van der Waals surface area contributed by atoms with Gasteiger partial charge in [-0.3, -0.25) is 0 Å². The Bertz CT molecular complexity index is 441. The number of carboxylic acids is 2. The van der Waals surface area contributed by atoms with E-state index < -0.39 is 18.0 Å². The molecule has 0 saturated heterocycles. The van der Waals surface area contributed by atoms with Gasteiger partial charge in [-0.15, -0.1) is 0 Å². The second-order valence-corrected chi connectivity index (χ2v) is 3.42. The zero-order chi connectivity index (χ0) is 11.0. The highest BCUT2D eigenvalue weighted by molar-refractivity contribution is 5.89. The SMILES string of the molecule is O=C(O)c1ccc2c(c1)CC(C(=O)O)N2. The summed E-state index contributed by atoms with van der Waals surface area (Å²) in [7, 11) is 0. The van der Waals surface area contributed by atoms with Crippen LogP contribution >= 0.6 is 0 Å². The number of carbonyl (C=O) groups is 2. The molecule has 2 rings (SSSR count). The van der Waals surface area contributed by atoms with Gasteiger partial charge in [-0.2, -0.15) is 0 Å². The number of carboxylic acid groups (broad SMARTS) is 2. The second-order valence-electron chi connectivity index (χ2n) is 3.42. The summed E-state index contributed by atoms with van der Waals surface area (Å²) in [6, 6.07) is 3.91. The van der Waals surface area contributed by atoms with Crippen LogP contribution in [0.1, 0.15) is 15.9 Å². The third-order valence-corrected chi connectivity index (χ3v) is 2.40. The van der Waals surface area contributed by atoms with E-state index in [1.54, 1.807) is 6.07 Å². The molecule has 1 unspecified atom stereocenters. The van der Waals surface area contributed by atoms with Gasteiger partial charge in [-0.25, -0.2) is 9.59 Å². The van der Waals surface area contributed by atoms with Crippen LogP contribution in [0.15, 0.2) is 18.2 Å². The molecule has 5 heteroatoms. The van der Waals surface area contributed by atoms with Crippen LogP contribution in [0, 0.1) is 0 Å². The van der Waals surface area contributed by atoms with Crippen molar-refractivity contribution in [3.8, 4) is 0 Å². The number of fused-ring (bicyclic) bond motifs is 1. The molecule has 0 radical (unpaired) electrons. The van der Waals surface area contributed by atoms with Gasteiger partial charge < -0.3 is 15.5 Å². The van der Waals surface area contributed by atoms with Crippen molar-refractivity contribution in [2.24, 2.45) is 0 Å². The van der Waals surface area contributed by atoms with E-state index in [-0.39, 0.29) is 5.56 Å². The molecule has 1 atom stereocenters. The summed E-state index contributed by atoms with van der Waals surface area (Å²) >= 11 is 0. The standard InChI is InChI=1S/C10H9NO4/c12-9(13)5-1-2-7-6(3-5)4-8(11-7)10(14)15/h1-3,8,11H,4H2,(H,12,13)(H,14,15). The van der Waals surface area contributed by atoms with Gasteiger partial charge in [0, 0.05) is 12.1 Å². The minimum Gasteiger partial charge on any atom is -0.480 e. The van der Waals surface area contributed by atoms with Crippen molar-refractivity contribution < 1.29 is 19.8 Å². The average Bonchev–Trinajstić information content (AvgIpc) is 2.59. The molecule has 1 heterocycles. The number of hydrogen-bond donors (Lipinski definition) is 3. The second kappa shape index (κ2) is 3.27. The summed E-state index contributed by atoms with van der Waals surface area (Å²) < 4.78 is 0. The first-order chi connectivity index (χ1) is 7.08. The quantitative estimate of drug-likeness (QED) is 0.667. The Labute approximate surface area is 85.3 Å². The lowest BCUT2D eigenvalue weighted by atomic mass is 10.1. The lowest BCUT2D eigenvalue weighted by Crippen LogP contribution is -2.26. The van der Waals surface area contributed by atoms with Crippen LogP contribution in [-0.4, -0.2) is 28.2 Å². The molecule has 5 nitrogen and oxygen atoms in total. The lowest BCUT2D eigenvalue weighted by molar-refractivity contribution is -0.137. The summed E-state index contributed by atoms with van der Waals surface area (Å²) in [4.78, 5) is 21.4. The van der Waals surface area contributed by atoms with Crippen molar-refractivity contribution in [1.29, 1.82) is 0 Å². The van der Waals surface area contributed by atoms with Crippen molar-refractivity contribution >= 4 is 17.6 Å². The Balaban J connectivity index is 2.31. The maximum Gasteiger partial charge on any atom is 0.335 e. The molecule has 0 saturated carbocycles.